The number of hydrogen-bond acceptors (Lipinski definition) is 4. The molecule has 1 aliphatic heterocycles. The van der Waals surface area contributed by atoms with Crippen LogP contribution in [0.25, 0.3) is 0 Å². The molecular weight excluding hydrogens is 446 g/mol. The molecule has 0 radical (unpaired) electrons. The summed E-state index contributed by atoms with van der Waals surface area (Å²) < 4.78 is 0.707. The number of aliphatic carboxylic acids is 1. The number of nitrogens with zero attached hydrogens (tertiary/aromatic N) is 1. The zero-order valence-corrected chi connectivity index (χ0v) is 18.8. The number of hydrogen-bond donors (Lipinski definition) is 3. The van der Waals surface area contributed by atoms with Crippen molar-refractivity contribution in [3.05, 3.63) is 22.9 Å². The zero-order valence-electron chi connectivity index (χ0n) is 17.2. The van der Waals surface area contributed by atoms with Crippen LogP contribution < -0.4 is 10.6 Å². The average Bonchev–Trinajstić information content (AvgIpc) is 3.41. The number of pyridine rings is 1. The molecule has 3 N–H and O–H groups in total. The maximum atomic E-state index is 13.9. The van der Waals surface area contributed by atoms with E-state index in [1.165, 1.54) is 12.8 Å². The van der Waals surface area contributed by atoms with Gasteiger partial charge in [-0.2, -0.15) is 0 Å². The second-order valence-electron chi connectivity index (χ2n) is 9.84. The van der Waals surface area contributed by atoms with Gasteiger partial charge in [0.25, 0.3) is 0 Å². The molecule has 1 saturated heterocycles. The summed E-state index contributed by atoms with van der Waals surface area (Å²) in [6, 6.07) is 4.01. The number of piperidine rings is 1. The topological polar surface area (TPSA) is 91.3 Å². The van der Waals surface area contributed by atoms with Crippen LogP contribution in [0.3, 0.4) is 0 Å². The van der Waals surface area contributed by atoms with E-state index in [0.717, 1.165) is 45.1 Å². The number of aromatic nitrogens is 1. The number of carboxylic acid groups (broad SMARTS) is 1. The highest BCUT2D eigenvalue weighted by Crippen LogP contribution is 2.79. The molecule has 5 rings (SSSR count). The van der Waals surface area contributed by atoms with Crippen LogP contribution >= 0.6 is 15.9 Å². The first-order valence-electron chi connectivity index (χ1n) is 11.4. The number of halogens is 1. The molecule has 4 aliphatic rings. The normalized spacial score (nSPS) is 36.0. The van der Waals surface area contributed by atoms with E-state index in [0.29, 0.717) is 22.8 Å². The SMILES string of the molecule is O=C(O)[C@@H]1[C@H]2CC[C@@H](C23CC3)[C@@]1(CC[C@@H]1CCCCN1)C(=O)Nc1ccc(Br)nc1. The van der Waals surface area contributed by atoms with Gasteiger partial charge < -0.3 is 15.7 Å². The quantitative estimate of drug-likeness (QED) is 0.535. The summed E-state index contributed by atoms with van der Waals surface area (Å²) in [7, 11) is 0. The third kappa shape index (κ3) is 3.11. The molecule has 1 aromatic heterocycles. The average molecular weight is 476 g/mol. The fourth-order valence-electron chi connectivity index (χ4n) is 7.30. The maximum Gasteiger partial charge on any atom is 0.307 e. The lowest BCUT2D eigenvalue weighted by Gasteiger charge is -2.42. The van der Waals surface area contributed by atoms with Gasteiger partial charge in [-0.25, -0.2) is 4.98 Å². The van der Waals surface area contributed by atoms with Crippen LogP contribution in [0.5, 0.6) is 0 Å². The van der Waals surface area contributed by atoms with Crippen molar-refractivity contribution in [2.75, 3.05) is 11.9 Å². The lowest BCUT2D eigenvalue weighted by Crippen LogP contribution is -2.50. The van der Waals surface area contributed by atoms with E-state index >= 15 is 0 Å². The fourth-order valence-corrected chi connectivity index (χ4v) is 7.54. The summed E-state index contributed by atoms with van der Waals surface area (Å²) in [5.74, 6) is -1.13. The van der Waals surface area contributed by atoms with Gasteiger partial charge in [0.05, 0.1) is 23.2 Å². The van der Waals surface area contributed by atoms with Crippen molar-refractivity contribution < 1.29 is 14.7 Å². The van der Waals surface area contributed by atoms with E-state index in [2.05, 4.69) is 31.5 Å². The van der Waals surface area contributed by atoms with Crippen LogP contribution in [0.15, 0.2) is 22.9 Å². The summed E-state index contributed by atoms with van der Waals surface area (Å²) in [5, 5.41) is 17.0. The first kappa shape index (κ1) is 20.4. The van der Waals surface area contributed by atoms with Gasteiger partial charge >= 0.3 is 5.97 Å². The Hall–Kier alpha value is -1.47. The van der Waals surface area contributed by atoms with Crippen molar-refractivity contribution in [1.82, 2.24) is 10.3 Å². The minimum atomic E-state index is -0.822. The molecule has 0 aromatic carbocycles. The Bertz CT molecular complexity index is 835. The highest BCUT2D eigenvalue weighted by molar-refractivity contribution is 9.10. The summed E-state index contributed by atoms with van der Waals surface area (Å²) >= 11 is 3.33. The summed E-state index contributed by atoms with van der Waals surface area (Å²) in [5.41, 5.74) is -0.0920. The Morgan fingerprint density at radius 2 is 2.07 bits per heavy atom. The molecule has 7 heteroatoms. The molecular formula is C23H30BrN3O3. The van der Waals surface area contributed by atoms with Crippen molar-refractivity contribution >= 4 is 33.5 Å². The van der Waals surface area contributed by atoms with Gasteiger partial charge in [-0.3, -0.25) is 9.59 Å². The van der Waals surface area contributed by atoms with Crippen molar-refractivity contribution in [2.24, 2.45) is 28.6 Å². The first-order valence-corrected chi connectivity index (χ1v) is 12.2. The van der Waals surface area contributed by atoms with E-state index < -0.39 is 17.3 Å². The standard InChI is InChI=1S/C23H30BrN3O3/c24-18-7-4-15(13-26-18)27-21(30)23(9-8-14-3-1-2-12-25-14)17-6-5-16(19(23)20(28)29)22(17)10-11-22/h4,7,13-14,16-17,19,25H,1-3,5-6,8-12H2,(H,27,30)(H,28,29)/t14-,16+,17-,19-,23+/m0/s1. The highest BCUT2D eigenvalue weighted by atomic mass is 79.9. The Labute approximate surface area is 185 Å². The lowest BCUT2D eigenvalue weighted by molar-refractivity contribution is -0.155. The van der Waals surface area contributed by atoms with Crippen molar-refractivity contribution in [3.8, 4) is 0 Å². The molecule has 3 saturated carbocycles. The smallest absolute Gasteiger partial charge is 0.307 e. The molecule has 2 heterocycles. The number of carboxylic acids is 1. The Kier molecular flexibility index (Phi) is 5.17. The molecule has 5 atom stereocenters. The molecule has 6 nitrogen and oxygen atoms in total. The minimum absolute atomic E-state index is 0.0956. The Morgan fingerprint density at radius 3 is 2.70 bits per heavy atom. The molecule has 2 bridgehead atoms. The summed E-state index contributed by atoms with van der Waals surface area (Å²) in [6.45, 7) is 1.02. The van der Waals surface area contributed by atoms with Gasteiger partial charge in [0.15, 0.2) is 0 Å². The van der Waals surface area contributed by atoms with E-state index in [-0.39, 0.29) is 23.2 Å². The predicted molar refractivity (Wildman–Crippen MR) is 117 cm³/mol. The van der Waals surface area contributed by atoms with E-state index in [4.69, 9.17) is 0 Å². The third-order valence-electron chi connectivity index (χ3n) is 8.60. The largest absolute Gasteiger partial charge is 0.481 e. The molecule has 30 heavy (non-hydrogen) atoms. The fraction of sp³-hybridized carbons (Fsp3) is 0.696. The van der Waals surface area contributed by atoms with Crippen molar-refractivity contribution in [3.63, 3.8) is 0 Å². The lowest BCUT2D eigenvalue weighted by atomic mass is 9.62. The molecule has 4 fully saturated rings. The van der Waals surface area contributed by atoms with Gasteiger partial charge in [0.1, 0.15) is 4.60 Å². The number of carbonyl (C=O) groups excluding carboxylic acids is 1. The van der Waals surface area contributed by atoms with Gasteiger partial charge in [-0.05, 0) is 103 Å². The van der Waals surface area contributed by atoms with Crippen LogP contribution in [0, 0.1) is 28.6 Å². The number of rotatable bonds is 6. The molecule has 0 unspecified atom stereocenters. The number of nitrogens with one attached hydrogen (secondary N) is 2. The molecule has 1 amide bonds. The monoisotopic (exact) mass is 475 g/mol. The maximum absolute atomic E-state index is 13.9. The zero-order chi connectivity index (χ0) is 20.9. The van der Waals surface area contributed by atoms with Crippen LogP contribution in [0.4, 0.5) is 5.69 Å². The second kappa shape index (κ2) is 7.59. The molecule has 3 aliphatic carbocycles. The van der Waals surface area contributed by atoms with Crippen LogP contribution in [-0.4, -0.2) is 34.6 Å². The van der Waals surface area contributed by atoms with Crippen molar-refractivity contribution in [2.45, 2.75) is 63.8 Å². The summed E-state index contributed by atoms with van der Waals surface area (Å²) in [4.78, 5) is 30.7. The number of anilines is 1. The first-order chi connectivity index (χ1) is 14.5. The van der Waals surface area contributed by atoms with Crippen LogP contribution in [0.2, 0.25) is 0 Å². The molecule has 1 aromatic rings. The van der Waals surface area contributed by atoms with Crippen LogP contribution in [-0.2, 0) is 9.59 Å². The van der Waals surface area contributed by atoms with Crippen molar-refractivity contribution in [1.29, 1.82) is 0 Å². The predicted octanol–water partition coefficient (Wildman–Crippen LogP) is 4.21. The highest BCUT2D eigenvalue weighted by Gasteiger charge is 2.77. The molecule has 162 valence electrons. The Morgan fingerprint density at radius 1 is 1.23 bits per heavy atom. The van der Waals surface area contributed by atoms with Gasteiger partial charge in [0, 0.05) is 6.04 Å². The van der Waals surface area contributed by atoms with Gasteiger partial charge in [-0.1, -0.05) is 6.42 Å². The minimum Gasteiger partial charge on any atom is -0.481 e. The van der Waals surface area contributed by atoms with Crippen LogP contribution in [0.1, 0.15) is 57.8 Å². The third-order valence-corrected chi connectivity index (χ3v) is 9.07. The summed E-state index contributed by atoms with van der Waals surface area (Å²) in [6.07, 6.45) is 10.8. The van der Waals surface area contributed by atoms with E-state index in [1.807, 2.05) is 6.07 Å². The van der Waals surface area contributed by atoms with E-state index in [1.54, 1.807) is 12.3 Å². The number of carbonyl (C=O) groups is 2. The van der Waals surface area contributed by atoms with Gasteiger partial charge in [-0.15, -0.1) is 0 Å². The van der Waals surface area contributed by atoms with Gasteiger partial charge in [0.2, 0.25) is 5.91 Å². The number of amides is 1. The second-order valence-corrected chi connectivity index (χ2v) is 10.6. The van der Waals surface area contributed by atoms with E-state index in [9.17, 15) is 14.7 Å². The molecule has 1 spiro atoms. The Balaban J connectivity index is 1.47.